The molecule has 0 fully saturated rings. The van der Waals surface area contributed by atoms with Gasteiger partial charge in [-0.3, -0.25) is 0 Å². The highest BCUT2D eigenvalue weighted by Crippen LogP contribution is 2.28. The van der Waals surface area contributed by atoms with Crippen molar-refractivity contribution in [3.05, 3.63) is 42.0 Å². The van der Waals surface area contributed by atoms with Crippen molar-refractivity contribution in [1.82, 2.24) is 4.72 Å². The molecule has 0 bridgehead atoms. The van der Waals surface area contributed by atoms with Crippen LogP contribution in [-0.2, 0) is 11.4 Å². The molecule has 0 spiro atoms. The number of para-hydroxylation sites is 1. The molecule has 3 nitrogen and oxygen atoms in total. The molecular weight excluding hydrogens is 277 g/mol. The van der Waals surface area contributed by atoms with Crippen LogP contribution in [0.15, 0.2) is 35.1 Å². The number of nitrogens with one attached hydrogen (secondary N) is 1. The zero-order valence-electron chi connectivity index (χ0n) is 12.0. The van der Waals surface area contributed by atoms with Crippen LogP contribution in [0, 0.1) is 5.82 Å². The van der Waals surface area contributed by atoms with Gasteiger partial charge in [0.1, 0.15) is 16.6 Å². The number of benzene rings is 1. The Balaban J connectivity index is 2.30. The molecule has 2 aromatic rings. The first-order chi connectivity index (χ1) is 9.30. The number of hydrogen-bond acceptors (Lipinski definition) is 3. The van der Waals surface area contributed by atoms with Gasteiger partial charge < -0.3 is 8.97 Å². The van der Waals surface area contributed by atoms with Gasteiger partial charge in [-0.1, -0.05) is 12.1 Å². The predicted molar refractivity (Wildman–Crippen MR) is 80.9 cm³/mol. The second-order valence-electron chi connectivity index (χ2n) is 5.59. The molecule has 1 N–H and O–H groups in total. The average molecular weight is 295 g/mol. The molecule has 0 saturated heterocycles. The van der Waals surface area contributed by atoms with E-state index in [4.69, 9.17) is 4.42 Å². The van der Waals surface area contributed by atoms with Gasteiger partial charge in [0.25, 0.3) is 0 Å². The normalized spacial score (nSPS) is 14.6. The second kappa shape index (κ2) is 5.50. The Hall–Kier alpha value is -1.46. The molecule has 1 aromatic carbocycles. The van der Waals surface area contributed by atoms with E-state index in [0.717, 1.165) is 17.4 Å². The fourth-order valence-corrected chi connectivity index (χ4v) is 2.37. The molecule has 1 heterocycles. The average Bonchev–Trinajstić information content (AvgIpc) is 2.76. The summed E-state index contributed by atoms with van der Waals surface area (Å²) in [7, 11) is 0. The fraction of sp³-hybridized carbons (Fsp3) is 0.333. The van der Waals surface area contributed by atoms with Crippen LogP contribution in [0.25, 0.3) is 16.5 Å². The van der Waals surface area contributed by atoms with E-state index in [-0.39, 0.29) is 10.6 Å². The van der Waals surface area contributed by atoms with E-state index in [0.29, 0.717) is 11.0 Å². The lowest BCUT2D eigenvalue weighted by molar-refractivity contribution is 0.553. The Morgan fingerprint density at radius 2 is 2.10 bits per heavy atom. The zero-order valence-corrected chi connectivity index (χ0v) is 12.8. The van der Waals surface area contributed by atoms with Crippen LogP contribution in [0.4, 0.5) is 4.39 Å². The summed E-state index contributed by atoms with van der Waals surface area (Å²) in [4.78, 5) is 0. The van der Waals surface area contributed by atoms with Crippen molar-refractivity contribution in [3.63, 3.8) is 0 Å². The van der Waals surface area contributed by atoms with Gasteiger partial charge in [-0.2, -0.15) is 0 Å². The van der Waals surface area contributed by atoms with E-state index in [1.165, 1.54) is 0 Å². The molecule has 0 aliphatic carbocycles. The number of allylic oxidation sites excluding steroid dienone is 1. The summed E-state index contributed by atoms with van der Waals surface area (Å²) in [5, 5.41) is 0.451. The summed E-state index contributed by atoms with van der Waals surface area (Å²) in [6.45, 7) is 7.54. The monoisotopic (exact) mass is 295 g/mol. The lowest BCUT2D eigenvalue weighted by Gasteiger charge is -2.22. The van der Waals surface area contributed by atoms with Crippen LogP contribution in [0.3, 0.4) is 0 Å². The number of halogens is 1. The predicted octanol–water partition coefficient (Wildman–Crippen LogP) is 3.98. The fourth-order valence-electron chi connectivity index (χ4n) is 1.73. The van der Waals surface area contributed by atoms with Gasteiger partial charge in [-0.05, 0) is 39.3 Å². The molecule has 5 heteroatoms. The number of furan rings is 1. The summed E-state index contributed by atoms with van der Waals surface area (Å²) in [6.07, 6.45) is 2.78. The van der Waals surface area contributed by atoms with Crippen LogP contribution in [0.1, 0.15) is 33.3 Å². The summed E-state index contributed by atoms with van der Waals surface area (Å²) >= 11 is -1.19. The SMILES string of the molecule is C/C(=C\N[S+]([O-])C(C)(C)C)c1cccc2c(F)coc12. The molecule has 1 aromatic heterocycles. The van der Waals surface area contributed by atoms with Crippen LogP contribution in [0.2, 0.25) is 0 Å². The van der Waals surface area contributed by atoms with Gasteiger partial charge in [0.15, 0.2) is 5.82 Å². The number of hydrogen-bond donors (Lipinski definition) is 1. The van der Waals surface area contributed by atoms with Crippen LogP contribution >= 0.6 is 0 Å². The third-order valence-electron chi connectivity index (χ3n) is 2.92. The van der Waals surface area contributed by atoms with E-state index in [1.807, 2.05) is 33.8 Å². The third-order valence-corrected chi connectivity index (χ3v) is 4.36. The van der Waals surface area contributed by atoms with Gasteiger partial charge >= 0.3 is 0 Å². The topological polar surface area (TPSA) is 48.2 Å². The first kappa shape index (κ1) is 14.9. The molecule has 0 aliphatic rings. The molecule has 1 unspecified atom stereocenters. The van der Waals surface area contributed by atoms with Crippen LogP contribution in [-0.4, -0.2) is 9.30 Å². The molecule has 0 radical (unpaired) electrons. The van der Waals surface area contributed by atoms with Gasteiger partial charge in [0.05, 0.1) is 16.7 Å². The van der Waals surface area contributed by atoms with Crippen LogP contribution < -0.4 is 4.72 Å². The minimum atomic E-state index is -1.19. The van der Waals surface area contributed by atoms with E-state index < -0.39 is 11.4 Å². The Kier molecular flexibility index (Phi) is 4.11. The summed E-state index contributed by atoms with van der Waals surface area (Å²) in [5.41, 5.74) is 2.12. The Morgan fingerprint density at radius 1 is 1.40 bits per heavy atom. The maximum Gasteiger partial charge on any atom is 0.169 e. The molecule has 108 valence electrons. The maximum atomic E-state index is 13.5. The first-order valence-electron chi connectivity index (χ1n) is 6.31. The maximum absolute atomic E-state index is 13.5. The van der Waals surface area contributed by atoms with E-state index in [1.54, 1.807) is 18.3 Å². The smallest absolute Gasteiger partial charge is 0.169 e. The lowest BCUT2D eigenvalue weighted by atomic mass is 10.1. The Bertz CT molecular complexity index is 643. The molecular formula is C15H18FNO2S. The van der Waals surface area contributed by atoms with Crippen molar-refractivity contribution in [2.45, 2.75) is 32.4 Å². The molecule has 1 atom stereocenters. The van der Waals surface area contributed by atoms with E-state index in [2.05, 4.69) is 4.72 Å². The minimum absolute atomic E-state index is 0.348. The van der Waals surface area contributed by atoms with Gasteiger partial charge in [-0.25, -0.2) is 9.11 Å². The summed E-state index contributed by atoms with van der Waals surface area (Å²) < 4.78 is 33.2. The summed E-state index contributed by atoms with van der Waals surface area (Å²) in [5.74, 6) is -0.374. The minimum Gasteiger partial charge on any atom is -0.593 e. The Morgan fingerprint density at radius 3 is 2.75 bits per heavy atom. The lowest BCUT2D eigenvalue weighted by Crippen LogP contribution is -2.36. The van der Waals surface area contributed by atoms with E-state index in [9.17, 15) is 8.94 Å². The molecule has 20 heavy (non-hydrogen) atoms. The summed E-state index contributed by atoms with van der Waals surface area (Å²) in [6, 6.07) is 5.29. The van der Waals surface area contributed by atoms with Crippen molar-refractivity contribution < 1.29 is 13.4 Å². The Labute approximate surface area is 121 Å². The van der Waals surface area contributed by atoms with Crippen molar-refractivity contribution in [3.8, 4) is 0 Å². The highest BCUT2D eigenvalue weighted by molar-refractivity contribution is 7.90. The second-order valence-corrected chi connectivity index (χ2v) is 7.59. The number of fused-ring (bicyclic) bond motifs is 1. The van der Waals surface area contributed by atoms with Gasteiger partial charge in [-0.15, -0.1) is 0 Å². The first-order valence-corrected chi connectivity index (χ1v) is 7.46. The zero-order chi connectivity index (χ0) is 14.9. The molecule has 2 rings (SSSR count). The third kappa shape index (κ3) is 2.99. The van der Waals surface area contributed by atoms with Crippen molar-refractivity contribution in [2.75, 3.05) is 0 Å². The van der Waals surface area contributed by atoms with Gasteiger partial charge in [0, 0.05) is 11.8 Å². The van der Waals surface area contributed by atoms with Crippen molar-refractivity contribution >= 4 is 27.9 Å². The molecule has 0 amide bonds. The highest BCUT2D eigenvalue weighted by Gasteiger charge is 2.25. The number of rotatable bonds is 3. The molecule has 0 aliphatic heterocycles. The van der Waals surface area contributed by atoms with E-state index >= 15 is 0 Å². The van der Waals surface area contributed by atoms with Crippen LogP contribution in [0.5, 0.6) is 0 Å². The largest absolute Gasteiger partial charge is 0.593 e. The van der Waals surface area contributed by atoms with Gasteiger partial charge in [0.2, 0.25) is 0 Å². The molecule has 0 saturated carbocycles. The van der Waals surface area contributed by atoms with Crippen molar-refractivity contribution in [2.24, 2.45) is 0 Å². The highest BCUT2D eigenvalue weighted by atomic mass is 32.2. The van der Waals surface area contributed by atoms with Crippen molar-refractivity contribution in [1.29, 1.82) is 0 Å². The standard InChI is InChI=1S/C15H18FNO2S/c1-10(8-17-20(18)15(2,3)4)11-6-5-7-12-13(16)9-19-14(11)12/h5-9,17H,1-4H3/b10-8+. The quantitative estimate of drug-likeness (QED) is 0.871.